The predicted molar refractivity (Wildman–Crippen MR) is 82.7 cm³/mol. The number of β-lactam (4-membered cyclic amide) rings is 1. The van der Waals surface area contributed by atoms with Crippen LogP contribution in [-0.2, 0) is 16.1 Å². The van der Waals surface area contributed by atoms with E-state index >= 15 is 0 Å². The van der Waals surface area contributed by atoms with Crippen LogP contribution in [0.4, 0.5) is 0 Å². The van der Waals surface area contributed by atoms with Crippen LogP contribution in [0.25, 0.3) is 0 Å². The van der Waals surface area contributed by atoms with Gasteiger partial charge in [0.25, 0.3) is 0 Å². The molecule has 5 nitrogen and oxygen atoms in total. The molecule has 0 saturated carbocycles. The second kappa shape index (κ2) is 5.71. The largest absolute Gasteiger partial charge is 0.342 e. The third-order valence-corrected chi connectivity index (χ3v) is 4.86. The monoisotopic (exact) mass is 301 g/mol. The van der Waals surface area contributed by atoms with E-state index < -0.39 is 0 Å². The van der Waals surface area contributed by atoms with E-state index in [0.29, 0.717) is 19.6 Å². The summed E-state index contributed by atoms with van der Waals surface area (Å²) in [6.45, 7) is 6.73. The first-order valence-corrected chi connectivity index (χ1v) is 7.99. The average Bonchev–Trinajstić information content (AvgIpc) is 2.55. The van der Waals surface area contributed by atoms with Gasteiger partial charge in [-0.3, -0.25) is 14.6 Å². The third kappa shape index (κ3) is 2.60. The molecule has 22 heavy (non-hydrogen) atoms. The number of nitrogens with zero attached hydrogens (tertiary/aromatic N) is 3. The van der Waals surface area contributed by atoms with Gasteiger partial charge in [-0.1, -0.05) is 19.9 Å². The maximum atomic E-state index is 12.6. The predicted octanol–water partition coefficient (Wildman–Crippen LogP) is 1.69. The Morgan fingerprint density at radius 1 is 1.36 bits per heavy atom. The SMILES string of the molecule is CC(C)C(=O)N1CCC2(CC1)CN(Cc1cccnc1)C2=O. The fraction of sp³-hybridized carbons (Fsp3) is 0.588. The lowest BCUT2D eigenvalue weighted by Gasteiger charge is -2.52. The molecule has 2 fully saturated rings. The summed E-state index contributed by atoms with van der Waals surface area (Å²) in [6.07, 6.45) is 5.15. The summed E-state index contributed by atoms with van der Waals surface area (Å²) >= 11 is 0. The van der Waals surface area contributed by atoms with Crippen LogP contribution in [0.15, 0.2) is 24.5 Å². The molecule has 0 unspecified atom stereocenters. The van der Waals surface area contributed by atoms with Crippen molar-refractivity contribution in [3.8, 4) is 0 Å². The molecule has 0 atom stereocenters. The number of hydrogen-bond donors (Lipinski definition) is 0. The number of pyridine rings is 1. The summed E-state index contributed by atoms with van der Waals surface area (Å²) in [7, 11) is 0. The molecule has 118 valence electrons. The van der Waals surface area contributed by atoms with Crippen molar-refractivity contribution >= 4 is 11.8 Å². The Balaban J connectivity index is 1.56. The maximum Gasteiger partial charge on any atom is 0.231 e. The van der Waals surface area contributed by atoms with Gasteiger partial charge in [0.15, 0.2) is 0 Å². The minimum atomic E-state index is -0.212. The van der Waals surface area contributed by atoms with Crippen LogP contribution in [0.1, 0.15) is 32.3 Å². The Labute approximate surface area is 131 Å². The van der Waals surface area contributed by atoms with Gasteiger partial charge in [-0.25, -0.2) is 0 Å². The fourth-order valence-electron chi connectivity index (χ4n) is 3.48. The lowest BCUT2D eigenvalue weighted by atomic mass is 9.71. The number of piperidine rings is 1. The van der Waals surface area contributed by atoms with Crippen molar-refractivity contribution in [2.75, 3.05) is 19.6 Å². The Kier molecular flexibility index (Phi) is 3.89. The van der Waals surface area contributed by atoms with Crippen LogP contribution in [0.3, 0.4) is 0 Å². The summed E-state index contributed by atoms with van der Waals surface area (Å²) in [5.41, 5.74) is 0.855. The van der Waals surface area contributed by atoms with Crippen molar-refractivity contribution in [3.63, 3.8) is 0 Å². The molecule has 1 aromatic rings. The number of amides is 2. The Hall–Kier alpha value is -1.91. The molecule has 1 aromatic heterocycles. The van der Waals surface area contributed by atoms with Crippen LogP contribution < -0.4 is 0 Å². The van der Waals surface area contributed by atoms with Crippen LogP contribution in [0, 0.1) is 11.3 Å². The molecular weight excluding hydrogens is 278 g/mol. The second-order valence-corrected chi connectivity index (χ2v) is 6.78. The molecule has 0 aliphatic carbocycles. The molecule has 0 N–H and O–H groups in total. The maximum absolute atomic E-state index is 12.6. The average molecular weight is 301 g/mol. The van der Waals surface area contributed by atoms with Crippen molar-refractivity contribution in [2.45, 2.75) is 33.2 Å². The minimum absolute atomic E-state index is 0.0354. The van der Waals surface area contributed by atoms with Gasteiger partial charge in [-0.2, -0.15) is 0 Å². The van der Waals surface area contributed by atoms with Crippen LogP contribution in [0.2, 0.25) is 0 Å². The summed E-state index contributed by atoms with van der Waals surface area (Å²) in [6, 6.07) is 3.89. The van der Waals surface area contributed by atoms with E-state index in [0.717, 1.165) is 24.9 Å². The van der Waals surface area contributed by atoms with Crippen molar-refractivity contribution < 1.29 is 9.59 Å². The fourth-order valence-corrected chi connectivity index (χ4v) is 3.48. The molecule has 3 heterocycles. The highest BCUT2D eigenvalue weighted by Crippen LogP contribution is 2.42. The highest BCUT2D eigenvalue weighted by molar-refractivity contribution is 5.89. The number of rotatable bonds is 3. The van der Waals surface area contributed by atoms with Gasteiger partial charge in [0.05, 0.1) is 5.41 Å². The number of carbonyl (C=O) groups is 2. The smallest absolute Gasteiger partial charge is 0.231 e. The molecule has 2 amide bonds. The molecule has 0 radical (unpaired) electrons. The second-order valence-electron chi connectivity index (χ2n) is 6.78. The van der Waals surface area contributed by atoms with Gasteiger partial charge in [-0.15, -0.1) is 0 Å². The third-order valence-electron chi connectivity index (χ3n) is 4.86. The molecular formula is C17H23N3O2. The zero-order valence-electron chi connectivity index (χ0n) is 13.3. The van der Waals surface area contributed by atoms with E-state index in [-0.39, 0.29) is 23.1 Å². The Morgan fingerprint density at radius 2 is 2.09 bits per heavy atom. The normalized spacial score (nSPS) is 20.4. The van der Waals surface area contributed by atoms with Crippen molar-refractivity contribution in [1.82, 2.24) is 14.8 Å². The first kappa shape index (κ1) is 15.0. The number of likely N-dealkylation sites (tertiary alicyclic amines) is 2. The number of hydrogen-bond acceptors (Lipinski definition) is 3. The van der Waals surface area contributed by atoms with Gasteiger partial charge in [0, 0.05) is 44.5 Å². The standard InChI is InChI=1S/C17H23N3O2/c1-13(2)15(21)19-8-5-17(6-9-19)12-20(16(17)22)11-14-4-3-7-18-10-14/h3-4,7,10,13H,5-6,8-9,11-12H2,1-2H3. The van der Waals surface area contributed by atoms with Gasteiger partial charge < -0.3 is 9.80 Å². The molecule has 0 bridgehead atoms. The summed E-state index contributed by atoms with van der Waals surface area (Å²) in [4.78, 5) is 32.5. The molecule has 2 aliphatic rings. The van der Waals surface area contributed by atoms with Crippen LogP contribution in [-0.4, -0.2) is 46.2 Å². The summed E-state index contributed by atoms with van der Waals surface area (Å²) in [5.74, 6) is 0.482. The molecule has 1 spiro atoms. The molecule has 0 aromatic carbocycles. The summed E-state index contributed by atoms with van der Waals surface area (Å²) < 4.78 is 0. The van der Waals surface area contributed by atoms with E-state index in [1.54, 1.807) is 6.20 Å². The van der Waals surface area contributed by atoms with Crippen molar-refractivity contribution in [1.29, 1.82) is 0 Å². The van der Waals surface area contributed by atoms with E-state index in [1.165, 1.54) is 0 Å². The van der Waals surface area contributed by atoms with Gasteiger partial charge in [0.2, 0.25) is 11.8 Å². The molecule has 2 aliphatic heterocycles. The lowest BCUT2D eigenvalue weighted by Crippen LogP contribution is -2.64. The zero-order valence-corrected chi connectivity index (χ0v) is 13.3. The van der Waals surface area contributed by atoms with Crippen molar-refractivity contribution in [2.24, 2.45) is 11.3 Å². The van der Waals surface area contributed by atoms with Crippen LogP contribution >= 0.6 is 0 Å². The van der Waals surface area contributed by atoms with Crippen LogP contribution in [0.5, 0.6) is 0 Å². The van der Waals surface area contributed by atoms with Crippen molar-refractivity contribution in [3.05, 3.63) is 30.1 Å². The highest BCUT2D eigenvalue weighted by Gasteiger charge is 2.53. The van der Waals surface area contributed by atoms with Gasteiger partial charge in [0.1, 0.15) is 0 Å². The zero-order chi connectivity index (χ0) is 15.7. The Morgan fingerprint density at radius 3 is 2.64 bits per heavy atom. The number of aromatic nitrogens is 1. The lowest BCUT2D eigenvalue weighted by molar-refractivity contribution is -0.168. The van der Waals surface area contributed by atoms with E-state index in [2.05, 4.69) is 4.98 Å². The Bertz CT molecular complexity index is 563. The first-order valence-electron chi connectivity index (χ1n) is 7.99. The van der Waals surface area contributed by atoms with Gasteiger partial charge in [-0.05, 0) is 24.5 Å². The topological polar surface area (TPSA) is 53.5 Å². The minimum Gasteiger partial charge on any atom is -0.342 e. The van der Waals surface area contributed by atoms with Gasteiger partial charge >= 0.3 is 0 Å². The number of carbonyl (C=O) groups excluding carboxylic acids is 2. The molecule has 5 heteroatoms. The molecule has 2 saturated heterocycles. The van der Waals surface area contributed by atoms with E-state index in [4.69, 9.17) is 0 Å². The highest BCUT2D eigenvalue weighted by atomic mass is 16.2. The summed E-state index contributed by atoms with van der Waals surface area (Å²) in [5, 5.41) is 0. The van der Waals surface area contributed by atoms with E-state index in [1.807, 2.05) is 42.0 Å². The van der Waals surface area contributed by atoms with E-state index in [9.17, 15) is 9.59 Å². The quantitative estimate of drug-likeness (QED) is 0.798. The first-order chi connectivity index (χ1) is 10.5. The molecule has 3 rings (SSSR count).